The van der Waals surface area contributed by atoms with Gasteiger partial charge in [0.15, 0.2) is 0 Å². The first-order valence-electron chi connectivity index (χ1n) is 10.9. The van der Waals surface area contributed by atoms with Crippen LogP contribution in [0.2, 0.25) is 0 Å². The number of nitrogens with zero attached hydrogens (tertiary/aromatic N) is 3. The Balaban J connectivity index is 1.82. The zero-order valence-corrected chi connectivity index (χ0v) is 19.1. The first-order valence-corrected chi connectivity index (χ1v) is 11.7. The number of carbonyl (C=O) groups is 1. The fourth-order valence-corrected chi connectivity index (χ4v) is 5.45. The second kappa shape index (κ2) is 8.24. The lowest BCUT2D eigenvalue weighted by molar-refractivity contribution is 0.0524. The van der Waals surface area contributed by atoms with Crippen LogP contribution in [-0.2, 0) is 18.3 Å². The minimum Gasteiger partial charge on any atom is -0.462 e. The van der Waals surface area contributed by atoms with Crippen LogP contribution in [0.1, 0.15) is 46.7 Å². The van der Waals surface area contributed by atoms with Crippen molar-refractivity contribution in [3.63, 3.8) is 0 Å². The molecule has 1 atom stereocenters. The standard InChI is InChI=1S/C24H23N3O5S/c1-3-32-23(30)17-18-21(29)26(2)24(31)27(12-13-8-9-13)22(18)33-20(17)19(28)15-10-11-25-16-7-5-4-6-14(15)16/h4-7,10-11,13,19,28H,3,8-9,12H2,1-2H3. The number of para-hydroxylation sites is 1. The second-order valence-electron chi connectivity index (χ2n) is 8.26. The summed E-state index contributed by atoms with van der Waals surface area (Å²) in [6, 6.07) is 9.09. The molecule has 1 aliphatic carbocycles. The van der Waals surface area contributed by atoms with Gasteiger partial charge in [0, 0.05) is 25.2 Å². The lowest BCUT2D eigenvalue weighted by Crippen LogP contribution is -2.38. The molecule has 1 saturated carbocycles. The number of benzene rings is 1. The zero-order valence-electron chi connectivity index (χ0n) is 18.3. The van der Waals surface area contributed by atoms with E-state index in [1.807, 2.05) is 24.3 Å². The average molecular weight is 466 g/mol. The van der Waals surface area contributed by atoms with Crippen molar-refractivity contribution in [2.24, 2.45) is 13.0 Å². The van der Waals surface area contributed by atoms with Crippen LogP contribution in [0.5, 0.6) is 0 Å². The van der Waals surface area contributed by atoms with Crippen molar-refractivity contribution in [1.82, 2.24) is 14.1 Å². The lowest BCUT2D eigenvalue weighted by Gasteiger charge is -2.14. The van der Waals surface area contributed by atoms with Crippen molar-refractivity contribution in [2.45, 2.75) is 32.4 Å². The predicted molar refractivity (Wildman–Crippen MR) is 126 cm³/mol. The quantitative estimate of drug-likeness (QED) is 0.439. The number of aliphatic hydroxyl groups is 1. The van der Waals surface area contributed by atoms with Crippen molar-refractivity contribution in [3.8, 4) is 0 Å². The molecule has 0 aliphatic heterocycles. The largest absolute Gasteiger partial charge is 0.462 e. The van der Waals surface area contributed by atoms with Crippen molar-refractivity contribution in [1.29, 1.82) is 0 Å². The van der Waals surface area contributed by atoms with Gasteiger partial charge in [0.1, 0.15) is 10.9 Å². The van der Waals surface area contributed by atoms with Crippen molar-refractivity contribution >= 4 is 38.4 Å². The van der Waals surface area contributed by atoms with E-state index in [1.165, 1.54) is 7.05 Å². The summed E-state index contributed by atoms with van der Waals surface area (Å²) in [4.78, 5) is 44.2. The van der Waals surface area contributed by atoms with E-state index < -0.39 is 23.3 Å². The minimum absolute atomic E-state index is 0.0235. The van der Waals surface area contributed by atoms with E-state index in [2.05, 4.69) is 4.98 Å². The number of thiophene rings is 1. The van der Waals surface area contributed by atoms with E-state index in [4.69, 9.17) is 4.74 Å². The molecule has 1 unspecified atom stereocenters. The van der Waals surface area contributed by atoms with E-state index in [0.29, 0.717) is 28.4 Å². The van der Waals surface area contributed by atoms with E-state index in [1.54, 1.807) is 23.8 Å². The minimum atomic E-state index is -1.20. The summed E-state index contributed by atoms with van der Waals surface area (Å²) in [7, 11) is 1.41. The summed E-state index contributed by atoms with van der Waals surface area (Å²) < 4.78 is 7.86. The Morgan fingerprint density at radius 2 is 2.03 bits per heavy atom. The molecule has 3 heterocycles. The number of fused-ring (bicyclic) bond motifs is 2. The highest BCUT2D eigenvalue weighted by Crippen LogP contribution is 2.39. The second-order valence-corrected chi connectivity index (χ2v) is 9.29. The van der Waals surface area contributed by atoms with Crippen molar-refractivity contribution in [2.75, 3.05) is 6.61 Å². The van der Waals surface area contributed by atoms with E-state index in [9.17, 15) is 19.5 Å². The first kappa shape index (κ1) is 21.5. The molecule has 0 bridgehead atoms. The average Bonchev–Trinajstić information content (AvgIpc) is 3.56. The SMILES string of the molecule is CCOC(=O)c1c(C(O)c2ccnc3ccccc23)sc2c1c(=O)n(C)c(=O)n2CC1CC1. The number of esters is 1. The van der Waals surface area contributed by atoms with Crippen LogP contribution in [-0.4, -0.2) is 31.8 Å². The van der Waals surface area contributed by atoms with Crippen LogP contribution >= 0.6 is 11.3 Å². The van der Waals surface area contributed by atoms with Crippen LogP contribution in [0.25, 0.3) is 21.1 Å². The summed E-state index contributed by atoms with van der Waals surface area (Å²) >= 11 is 1.10. The van der Waals surface area contributed by atoms with Gasteiger partial charge in [-0.05, 0) is 43.4 Å². The highest BCUT2D eigenvalue weighted by Gasteiger charge is 2.32. The summed E-state index contributed by atoms with van der Waals surface area (Å²) in [6.45, 7) is 2.27. The van der Waals surface area contributed by atoms with Crippen LogP contribution in [0, 0.1) is 5.92 Å². The monoisotopic (exact) mass is 465 g/mol. The molecule has 5 rings (SSSR count). The number of ether oxygens (including phenoxy) is 1. The van der Waals surface area contributed by atoms with Crippen molar-refractivity contribution < 1.29 is 14.6 Å². The Bertz CT molecular complexity index is 1510. The van der Waals surface area contributed by atoms with Gasteiger partial charge in [-0.2, -0.15) is 0 Å². The molecular formula is C24H23N3O5S. The molecule has 8 nitrogen and oxygen atoms in total. The van der Waals surface area contributed by atoms with Gasteiger partial charge in [0.05, 0.1) is 28.0 Å². The number of rotatable bonds is 6. The van der Waals surface area contributed by atoms with Gasteiger partial charge < -0.3 is 9.84 Å². The molecule has 4 aromatic rings. The van der Waals surface area contributed by atoms with Crippen LogP contribution in [0.4, 0.5) is 0 Å². The van der Waals surface area contributed by atoms with Crippen LogP contribution in [0.15, 0.2) is 46.1 Å². The van der Waals surface area contributed by atoms with E-state index in [0.717, 1.165) is 34.1 Å². The van der Waals surface area contributed by atoms with Gasteiger partial charge in [-0.3, -0.25) is 18.9 Å². The molecule has 1 aliphatic rings. The van der Waals surface area contributed by atoms with Gasteiger partial charge in [-0.1, -0.05) is 18.2 Å². The smallest absolute Gasteiger partial charge is 0.340 e. The Morgan fingerprint density at radius 3 is 2.76 bits per heavy atom. The maximum Gasteiger partial charge on any atom is 0.340 e. The molecule has 1 aromatic carbocycles. The number of carbonyl (C=O) groups excluding carboxylic acids is 1. The first-order chi connectivity index (χ1) is 15.9. The topological polar surface area (TPSA) is 103 Å². The normalized spacial score (nSPS) is 14.6. The molecule has 0 saturated heterocycles. The summed E-state index contributed by atoms with van der Waals surface area (Å²) in [5.74, 6) is -0.320. The number of aliphatic hydroxyl groups excluding tert-OH is 1. The third-order valence-electron chi connectivity index (χ3n) is 6.04. The fraction of sp³-hybridized carbons (Fsp3) is 0.333. The molecule has 0 amide bonds. The third kappa shape index (κ3) is 3.57. The van der Waals surface area contributed by atoms with Gasteiger partial charge in [-0.25, -0.2) is 9.59 Å². The fourth-order valence-electron chi connectivity index (χ4n) is 4.16. The van der Waals surface area contributed by atoms with E-state index in [-0.39, 0.29) is 22.4 Å². The Labute approximate surface area is 192 Å². The Hall–Kier alpha value is -3.30. The highest BCUT2D eigenvalue weighted by atomic mass is 32.1. The van der Waals surface area contributed by atoms with Crippen LogP contribution < -0.4 is 11.2 Å². The van der Waals surface area contributed by atoms with Crippen molar-refractivity contribution in [3.05, 3.63) is 73.4 Å². The molecule has 0 radical (unpaired) electrons. The number of pyridine rings is 1. The summed E-state index contributed by atoms with van der Waals surface area (Å²) in [6.07, 6.45) is 2.43. The number of aromatic nitrogens is 3. The lowest BCUT2D eigenvalue weighted by atomic mass is 10.00. The summed E-state index contributed by atoms with van der Waals surface area (Å²) in [5, 5.41) is 12.3. The molecule has 1 N–H and O–H groups in total. The number of hydrogen-bond donors (Lipinski definition) is 1. The number of hydrogen-bond acceptors (Lipinski definition) is 7. The van der Waals surface area contributed by atoms with Gasteiger partial charge in [0.25, 0.3) is 5.56 Å². The molecule has 33 heavy (non-hydrogen) atoms. The zero-order chi connectivity index (χ0) is 23.3. The maximum absolute atomic E-state index is 13.2. The maximum atomic E-state index is 13.2. The highest BCUT2D eigenvalue weighted by molar-refractivity contribution is 7.19. The van der Waals surface area contributed by atoms with Gasteiger partial charge in [0.2, 0.25) is 0 Å². The van der Waals surface area contributed by atoms with Crippen LogP contribution in [0.3, 0.4) is 0 Å². The predicted octanol–water partition coefficient (Wildman–Crippen LogP) is 2.98. The molecular weight excluding hydrogens is 442 g/mol. The molecule has 170 valence electrons. The van der Waals surface area contributed by atoms with E-state index >= 15 is 0 Å². The Kier molecular flexibility index (Phi) is 5.38. The molecule has 9 heteroatoms. The molecule has 1 fully saturated rings. The van der Waals surface area contributed by atoms with Gasteiger partial charge >= 0.3 is 11.7 Å². The third-order valence-corrected chi connectivity index (χ3v) is 7.31. The molecule has 0 spiro atoms. The summed E-state index contributed by atoms with van der Waals surface area (Å²) in [5.41, 5.74) is 0.293. The molecule has 3 aromatic heterocycles. The van der Waals surface area contributed by atoms with Gasteiger partial charge in [-0.15, -0.1) is 11.3 Å². The Morgan fingerprint density at radius 1 is 1.27 bits per heavy atom.